The van der Waals surface area contributed by atoms with E-state index in [4.69, 9.17) is 39.9 Å². The van der Waals surface area contributed by atoms with Gasteiger partial charge in [-0.15, -0.1) is 0 Å². The topological polar surface area (TPSA) is 50.2 Å². The number of amides is 1. The zero-order valence-corrected chi connectivity index (χ0v) is 19.9. The maximum absolute atomic E-state index is 12.4. The summed E-state index contributed by atoms with van der Waals surface area (Å²) in [6, 6.07) is 12.8. The summed E-state index contributed by atoms with van der Waals surface area (Å²) in [6.45, 7) is 3.73. The van der Waals surface area contributed by atoms with Crippen molar-refractivity contribution >= 4 is 46.8 Å². The Bertz CT molecular complexity index is 1150. The van der Waals surface area contributed by atoms with Gasteiger partial charge < -0.3 is 0 Å². The normalized spacial score (nSPS) is 14.8. The highest BCUT2D eigenvalue weighted by Crippen LogP contribution is 2.33. The van der Waals surface area contributed by atoms with Crippen LogP contribution >= 0.6 is 34.8 Å². The molecule has 0 spiro atoms. The van der Waals surface area contributed by atoms with Gasteiger partial charge in [0.1, 0.15) is 0 Å². The lowest BCUT2D eigenvalue weighted by atomic mass is 10.1. The van der Waals surface area contributed by atoms with E-state index in [0.29, 0.717) is 26.4 Å². The molecule has 32 heavy (non-hydrogen) atoms. The number of carbonyl (C=O) groups is 1. The molecule has 1 fully saturated rings. The number of hydrogen-bond acceptors (Lipinski definition) is 3. The van der Waals surface area contributed by atoms with Gasteiger partial charge in [0, 0.05) is 40.3 Å². The minimum atomic E-state index is -0.168. The van der Waals surface area contributed by atoms with Crippen LogP contribution in [0.15, 0.2) is 48.5 Å². The molecule has 0 unspecified atom stereocenters. The molecule has 0 bridgehead atoms. The lowest BCUT2D eigenvalue weighted by Crippen LogP contribution is -2.44. The van der Waals surface area contributed by atoms with E-state index in [-0.39, 0.29) is 5.91 Å². The van der Waals surface area contributed by atoms with Gasteiger partial charge in [-0.05, 0) is 56.2 Å². The van der Waals surface area contributed by atoms with Crippen molar-refractivity contribution in [1.82, 2.24) is 20.2 Å². The Labute approximate surface area is 202 Å². The molecule has 0 aliphatic carbocycles. The molecule has 3 aromatic rings. The number of piperidine rings is 1. The van der Waals surface area contributed by atoms with E-state index in [2.05, 4.69) is 5.43 Å². The van der Waals surface area contributed by atoms with Gasteiger partial charge in [0.25, 0.3) is 5.91 Å². The number of hydrogen-bond donors (Lipinski definition) is 1. The molecular formula is C24H23Cl3N4O. The minimum Gasteiger partial charge on any atom is -0.285 e. The van der Waals surface area contributed by atoms with Crippen molar-refractivity contribution in [2.24, 2.45) is 0 Å². The molecule has 166 valence electrons. The average molecular weight is 490 g/mol. The Morgan fingerprint density at radius 3 is 2.38 bits per heavy atom. The molecule has 2 heterocycles. The van der Waals surface area contributed by atoms with Crippen LogP contribution in [-0.4, -0.2) is 33.8 Å². The molecule has 1 saturated heterocycles. The quantitative estimate of drug-likeness (QED) is 0.426. The van der Waals surface area contributed by atoms with Gasteiger partial charge in [-0.1, -0.05) is 53.4 Å². The van der Waals surface area contributed by atoms with Crippen LogP contribution in [0.4, 0.5) is 0 Å². The monoisotopic (exact) mass is 488 g/mol. The molecule has 1 aliphatic rings. The summed E-state index contributed by atoms with van der Waals surface area (Å²) in [5.41, 5.74) is 7.02. The summed E-state index contributed by atoms with van der Waals surface area (Å²) in [5.74, 6) is -0.168. The number of nitrogens with one attached hydrogen (secondary N) is 1. The van der Waals surface area contributed by atoms with E-state index in [0.717, 1.165) is 42.8 Å². The van der Waals surface area contributed by atoms with Crippen molar-refractivity contribution in [2.45, 2.75) is 26.2 Å². The Hall–Kier alpha value is -2.31. The Balaban J connectivity index is 1.70. The highest BCUT2D eigenvalue weighted by Gasteiger charge is 2.18. The van der Waals surface area contributed by atoms with Crippen molar-refractivity contribution in [2.75, 3.05) is 13.1 Å². The summed E-state index contributed by atoms with van der Waals surface area (Å²) in [7, 11) is 0. The van der Waals surface area contributed by atoms with Crippen LogP contribution in [0, 0.1) is 6.92 Å². The second kappa shape index (κ2) is 10.1. The van der Waals surface area contributed by atoms with E-state index in [1.54, 1.807) is 22.9 Å². The first-order chi connectivity index (χ1) is 15.4. The summed E-state index contributed by atoms with van der Waals surface area (Å²) in [4.78, 5) is 12.4. The third-order valence-electron chi connectivity index (χ3n) is 5.43. The summed E-state index contributed by atoms with van der Waals surface area (Å²) in [6.07, 6.45) is 6.65. The lowest BCUT2D eigenvalue weighted by Gasteiger charge is -2.26. The first-order valence-corrected chi connectivity index (χ1v) is 11.6. The number of halogens is 3. The first-order valence-electron chi connectivity index (χ1n) is 10.5. The molecule has 1 N–H and O–H groups in total. The Kier molecular flexibility index (Phi) is 7.21. The fourth-order valence-electron chi connectivity index (χ4n) is 3.80. The summed E-state index contributed by atoms with van der Waals surface area (Å²) < 4.78 is 1.78. The van der Waals surface area contributed by atoms with Gasteiger partial charge >= 0.3 is 0 Å². The van der Waals surface area contributed by atoms with Crippen LogP contribution in [0.2, 0.25) is 15.1 Å². The Morgan fingerprint density at radius 2 is 1.69 bits per heavy atom. The molecule has 4 rings (SSSR count). The van der Waals surface area contributed by atoms with Gasteiger partial charge in [-0.2, -0.15) is 5.10 Å². The first kappa shape index (κ1) is 22.9. The standard InChI is InChI=1S/C24H23Cl3N4O/c1-16-21(10-12-23(32)29-30-13-3-2-4-14-30)28-31(22-11-9-19(26)15-20(22)27)24(16)17-5-7-18(25)8-6-17/h5-12,15H,2-4,13-14H2,1H3,(H,29,32)/b12-10+. The summed E-state index contributed by atoms with van der Waals surface area (Å²) >= 11 is 18.7. The largest absolute Gasteiger partial charge is 0.285 e. The van der Waals surface area contributed by atoms with Gasteiger partial charge in [0.15, 0.2) is 0 Å². The van der Waals surface area contributed by atoms with Gasteiger partial charge in [-0.3, -0.25) is 10.2 Å². The van der Waals surface area contributed by atoms with Crippen molar-refractivity contribution in [1.29, 1.82) is 0 Å². The molecular weight excluding hydrogens is 467 g/mol. The average Bonchev–Trinajstić information content (AvgIpc) is 3.09. The van der Waals surface area contributed by atoms with E-state index < -0.39 is 0 Å². The number of aromatic nitrogens is 2. The number of carbonyl (C=O) groups excluding carboxylic acids is 1. The van der Waals surface area contributed by atoms with Gasteiger partial charge in [0.05, 0.1) is 22.1 Å². The number of benzene rings is 2. The molecule has 0 atom stereocenters. The van der Waals surface area contributed by atoms with E-state index in [9.17, 15) is 4.79 Å². The minimum absolute atomic E-state index is 0.168. The van der Waals surface area contributed by atoms with Crippen LogP contribution in [0.1, 0.15) is 30.5 Å². The molecule has 5 nitrogen and oxygen atoms in total. The van der Waals surface area contributed by atoms with Gasteiger partial charge in [0.2, 0.25) is 0 Å². The van der Waals surface area contributed by atoms with Gasteiger partial charge in [-0.25, -0.2) is 9.69 Å². The van der Waals surface area contributed by atoms with E-state index in [1.165, 1.54) is 12.5 Å². The molecule has 2 aromatic carbocycles. The fraction of sp³-hybridized carbons (Fsp3) is 0.250. The number of hydrazine groups is 1. The van der Waals surface area contributed by atoms with Crippen molar-refractivity contribution in [3.63, 3.8) is 0 Å². The molecule has 1 aliphatic heterocycles. The van der Waals surface area contributed by atoms with Crippen LogP contribution in [0.3, 0.4) is 0 Å². The smallest absolute Gasteiger partial charge is 0.258 e. The van der Waals surface area contributed by atoms with Crippen LogP contribution in [0.25, 0.3) is 23.0 Å². The SMILES string of the molecule is Cc1c(/C=C/C(=O)NN2CCCCC2)nn(-c2ccc(Cl)cc2Cl)c1-c1ccc(Cl)cc1. The van der Waals surface area contributed by atoms with Crippen molar-refractivity contribution in [3.05, 3.63) is 74.9 Å². The van der Waals surface area contributed by atoms with E-state index >= 15 is 0 Å². The fourth-order valence-corrected chi connectivity index (χ4v) is 4.41. The molecule has 1 aromatic heterocycles. The van der Waals surface area contributed by atoms with E-state index in [1.807, 2.05) is 42.3 Å². The predicted molar refractivity (Wildman–Crippen MR) is 131 cm³/mol. The number of rotatable bonds is 5. The second-order valence-corrected chi connectivity index (χ2v) is 9.01. The second-order valence-electron chi connectivity index (χ2n) is 7.73. The third kappa shape index (κ3) is 5.18. The van der Waals surface area contributed by atoms with Crippen LogP contribution < -0.4 is 5.43 Å². The maximum Gasteiger partial charge on any atom is 0.258 e. The highest BCUT2D eigenvalue weighted by molar-refractivity contribution is 6.35. The molecule has 0 saturated carbocycles. The lowest BCUT2D eigenvalue weighted by molar-refractivity contribution is -0.121. The van der Waals surface area contributed by atoms with Crippen molar-refractivity contribution in [3.8, 4) is 16.9 Å². The third-order valence-corrected chi connectivity index (χ3v) is 6.22. The molecule has 0 radical (unpaired) electrons. The number of nitrogens with zero attached hydrogens (tertiary/aromatic N) is 3. The van der Waals surface area contributed by atoms with Crippen LogP contribution in [0.5, 0.6) is 0 Å². The predicted octanol–water partition coefficient (Wildman–Crippen LogP) is 6.34. The van der Waals surface area contributed by atoms with Crippen LogP contribution in [-0.2, 0) is 4.79 Å². The zero-order valence-electron chi connectivity index (χ0n) is 17.6. The maximum atomic E-state index is 12.4. The summed E-state index contributed by atoms with van der Waals surface area (Å²) in [5, 5.41) is 8.41. The molecule has 1 amide bonds. The van der Waals surface area contributed by atoms with Crippen molar-refractivity contribution < 1.29 is 4.79 Å². The molecule has 8 heteroatoms. The Morgan fingerprint density at radius 1 is 1.00 bits per heavy atom. The highest BCUT2D eigenvalue weighted by atomic mass is 35.5. The zero-order chi connectivity index (χ0) is 22.7.